The molecule has 0 radical (unpaired) electrons. The number of aliphatic hydroxyl groups excluding tert-OH is 1. The molecular formula is C30H25NO5. The third-order valence-corrected chi connectivity index (χ3v) is 7.19. The quantitative estimate of drug-likeness (QED) is 0.431. The largest absolute Gasteiger partial charge is 0.497 e. The highest BCUT2D eigenvalue weighted by Gasteiger charge is 2.43. The maximum absolute atomic E-state index is 13.2. The Labute approximate surface area is 209 Å². The highest BCUT2D eigenvalue weighted by atomic mass is 16.5. The van der Waals surface area contributed by atoms with E-state index >= 15 is 0 Å². The van der Waals surface area contributed by atoms with Crippen molar-refractivity contribution >= 4 is 22.8 Å². The average Bonchev–Trinajstić information content (AvgIpc) is 3.17. The lowest BCUT2D eigenvalue weighted by Gasteiger charge is -2.37. The average molecular weight is 480 g/mol. The minimum Gasteiger partial charge on any atom is -0.497 e. The lowest BCUT2D eigenvalue weighted by Crippen LogP contribution is -2.34. The second kappa shape index (κ2) is 8.14. The van der Waals surface area contributed by atoms with Crippen LogP contribution in [-0.2, 0) is 5.60 Å². The fourth-order valence-electron chi connectivity index (χ4n) is 5.25. The summed E-state index contributed by atoms with van der Waals surface area (Å²) in [6.07, 6.45) is 2.92. The first-order valence-electron chi connectivity index (χ1n) is 11.7. The number of fused-ring (bicyclic) bond motifs is 6. The minimum absolute atomic E-state index is 0.228. The predicted octanol–water partition coefficient (Wildman–Crippen LogP) is 5.28. The molecule has 36 heavy (non-hydrogen) atoms. The third kappa shape index (κ3) is 3.04. The molecule has 0 bridgehead atoms. The Balaban J connectivity index is 1.63. The standard InChI is InChI=1S/C30H25NO5/c1-31-28(32)25-22-6-4-5-7-23(22)27-24(26(25)29(31)33)16-17-30(36-27,18-8-12-20(34-2)13-9-18)19-10-14-21(35-3)15-11-19/h4-17,28,32H,1-3H3. The summed E-state index contributed by atoms with van der Waals surface area (Å²) >= 11 is 0. The summed E-state index contributed by atoms with van der Waals surface area (Å²) < 4.78 is 17.7. The molecule has 1 atom stereocenters. The molecule has 0 spiro atoms. The van der Waals surface area contributed by atoms with Crippen LogP contribution in [0, 0.1) is 0 Å². The molecule has 4 aromatic rings. The van der Waals surface area contributed by atoms with E-state index in [1.807, 2.05) is 84.9 Å². The van der Waals surface area contributed by atoms with Gasteiger partial charge in [0, 0.05) is 34.7 Å². The Morgan fingerprint density at radius 2 is 1.42 bits per heavy atom. The number of hydrogen-bond donors (Lipinski definition) is 1. The molecule has 0 aromatic heterocycles. The van der Waals surface area contributed by atoms with Crippen LogP contribution in [0.25, 0.3) is 16.8 Å². The Kier molecular flexibility index (Phi) is 5.02. The van der Waals surface area contributed by atoms with Crippen LogP contribution < -0.4 is 14.2 Å². The maximum Gasteiger partial charge on any atom is 0.257 e. The van der Waals surface area contributed by atoms with Crippen LogP contribution in [-0.4, -0.2) is 37.2 Å². The summed E-state index contributed by atoms with van der Waals surface area (Å²) in [5.41, 5.74) is 2.62. The van der Waals surface area contributed by atoms with Gasteiger partial charge in [0.15, 0.2) is 11.8 Å². The normalized spacial score (nSPS) is 17.5. The van der Waals surface area contributed by atoms with Crippen LogP contribution in [0.5, 0.6) is 17.2 Å². The fourth-order valence-corrected chi connectivity index (χ4v) is 5.25. The van der Waals surface area contributed by atoms with Crippen molar-refractivity contribution in [3.8, 4) is 17.2 Å². The van der Waals surface area contributed by atoms with Crippen LogP contribution in [0.1, 0.15) is 38.8 Å². The van der Waals surface area contributed by atoms with Crippen molar-refractivity contribution in [2.45, 2.75) is 11.8 Å². The number of carbonyl (C=O) groups is 1. The molecular weight excluding hydrogens is 454 g/mol. The Morgan fingerprint density at radius 3 is 1.97 bits per heavy atom. The number of methoxy groups -OCH3 is 2. The lowest BCUT2D eigenvalue weighted by atomic mass is 9.82. The van der Waals surface area contributed by atoms with Crippen molar-refractivity contribution in [2.75, 3.05) is 21.3 Å². The Morgan fingerprint density at radius 1 is 0.861 bits per heavy atom. The number of ether oxygens (including phenoxy) is 3. The van der Waals surface area contributed by atoms with E-state index in [4.69, 9.17) is 14.2 Å². The van der Waals surface area contributed by atoms with Gasteiger partial charge in [-0.3, -0.25) is 4.79 Å². The molecule has 180 valence electrons. The summed E-state index contributed by atoms with van der Waals surface area (Å²) in [6.45, 7) is 0. The van der Waals surface area contributed by atoms with E-state index in [0.29, 0.717) is 22.4 Å². The van der Waals surface area contributed by atoms with Crippen LogP contribution >= 0.6 is 0 Å². The Hall–Kier alpha value is -4.29. The SMILES string of the molecule is COc1ccc(C2(c3ccc(OC)cc3)C=Cc3c4c(c5ccccc5c3O2)C(O)N(C)C4=O)cc1. The summed E-state index contributed by atoms with van der Waals surface area (Å²) in [4.78, 5) is 14.6. The maximum atomic E-state index is 13.2. The first-order valence-corrected chi connectivity index (χ1v) is 11.7. The van der Waals surface area contributed by atoms with Crippen LogP contribution in [0.4, 0.5) is 0 Å². The van der Waals surface area contributed by atoms with Crippen molar-refractivity contribution in [1.29, 1.82) is 0 Å². The Bertz CT molecular complexity index is 1470. The van der Waals surface area contributed by atoms with Crippen molar-refractivity contribution < 1.29 is 24.1 Å². The molecule has 2 aliphatic heterocycles. The zero-order valence-corrected chi connectivity index (χ0v) is 20.2. The topological polar surface area (TPSA) is 68.2 Å². The monoisotopic (exact) mass is 479 g/mol. The zero-order valence-electron chi connectivity index (χ0n) is 20.2. The molecule has 1 N–H and O–H groups in total. The van der Waals surface area contributed by atoms with Crippen molar-refractivity contribution in [3.63, 3.8) is 0 Å². The second-order valence-corrected chi connectivity index (χ2v) is 8.99. The van der Waals surface area contributed by atoms with Crippen LogP contribution in [0.15, 0.2) is 78.9 Å². The van der Waals surface area contributed by atoms with Gasteiger partial charge in [0.25, 0.3) is 5.91 Å². The van der Waals surface area contributed by atoms with Gasteiger partial charge in [-0.15, -0.1) is 0 Å². The third-order valence-electron chi connectivity index (χ3n) is 7.19. The van der Waals surface area contributed by atoms with Gasteiger partial charge in [-0.1, -0.05) is 48.5 Å². The molecule has 1 amide bonds. The van der Waals surface area contributed by atoms with Gasteiger partial charge in [0.1, 0.15) is 17.2 Å². The molecule has 4 aromatic carbocycles. The molecule has 6 rings (SSSR count). The summed E-state index contributed by atoms with van der Waals surface area (Å²) in [5, 5.41) is 12.5. The summed E-state index contributed by atoms with van der Waals surface area (Å²) in [7, 11) is 4.88. The number of rotatable bonds is 4. The van der Waals surface area contributed by atoms with Gasteiger partial charge in [-0.05, 0) is 41.8 Å². The van der Waals surface area contributed by atoms with Gasteiger partial charge < -0.3 is 24.2 Å². The van der Waals surface area contributed by atoms with Crippen molar-refractivity contribution in [2.24, 2.45) is 0 Å². The minimum atomic E-state index is -1.01. The zero-order chi connectivity index (χ0) is 25.0. The van der Waals surface area contributed by atoms with Crippen LogP contribution in [0.3, 0.4) is 0 Å². The molecule has 0 saturated carbocycles. The van der Waals surface area contributed by atoms with E-state index in [2.05, 4.69) is 0 Å². The number of amides is 1. The molecule has 0 fully saturated rings. The molecule has 2 aliphatic rings. The van der Waals surface area contributed by atoms with Gasteiger partial charge in [-0.25, -0.2) is 0 Å². The molecule has 2 heterocycles. The number of aliphatic hydroxyl groups is 1. The van der Waals surface area contributed by atoms with E-state index in [-0.39, 0.29) is 5.91 Å². The molecule has 6 nitrogen and oxygen atoms in total. The van der Waals surface area contributed by atoms with Gasteiger partial charge >= 0.3 is 0 Å². The number of benzene rings is 4. The number of carbonyl (C=O) groups excluding carboxylic acids is 1. The molecule has 1 unspecified atom stereocenters. The molecule has 6 heteroatoms. The number of hydrogen-bond acceptors (Lipinski definition) is 5. The van der Waals surface area contributed by atoms with E-state index in [9.17, 15) is 9.90 Å². The van der Waals surface area contributed by atoms with Gasteiger partial charge in [0.2, 0.25) is 0 Å². The van der Waals surface area contributed by atoms with E-state index in [1.54, 1.807) is 21.3 Å². The van der Waals surface area contributed by atoms with Crippen molar-refractivity contribution in [1.82, 2.24) is 4.90 Å². The van der Waals surface area contributed by atoms with Crippen molar-refractivity contribution in [3.05, 3.63) is 107 Å². The lowest BCUT2D eigenvalue weighted by molar-refractivity contribution is 0.0307. The fraction of sp³-hybridized carbons (Fsp3) is 0.167. The van der Waals surface area contributed by atoms with E-state index in [0.717, 1.165) is 33.4 Å². The smallest absolute Gasteiger partial charge is 0.257 e. The first kappa shape index (κ1) is 22.2. The highest BCUT2D eigenvalue weighted by molar-refractivity contribution is 6.11. The first-order chi connectivity index (χ1) is 17.5. The van der Waals surface area contributed by atoms with E-state index in [1.165, 1.54) is 4.90 Å². The highest BCUT2D eigenvalue weighted by Crippen LogP contribution is 2.50. The summed E-state index contributed by atoms with van der Waals surface area (Å²) in [6, 6.07) is 23.3. The van der Waals surface area contributed by atoms with Crippen LogP contribution in [0.2, 0.25) is 0 Å². The second-order valence-electron chi connectivity index (χ2n) is 8.99. The molecule has 0 saturated heterocycles. The van der Waals surface area contributed by atoms with Gasteiger partial charge in [0.05, 0.1) is 19.8 Å². The predicted molar refractivity (Wildman–Crippen MR) is 137 cm³/mol. The van der Waals surface area contributed by atoms with E-state index < -0.39 is 11.8 Å². The molecule has 0 aliphatic carbocycles. The van der Waals surface area contributed by atoms with Gasteiger partial charge in [-0.2, -0.15) is 0 Å². The number of nitrogens with zero attached hydrogens (tertiary/aromatic N) is 1. The summed E-state index contributed by atoms with van der Waals surface area (Å²) in [5.74, 6) is 1.87.